The van der Waals surface area contributed by atoms with Crippen LogP contribution in [0.3, 0.4) is 0 Å². The first-order valence-electron chi connectivity index (χ1n) is 4.53. The normalized spacial score (nSPS) is 10.0. The molecule has 76 valence electrons. The molecule has 0 aromatic rings. The van der Waals surface area contributed by atoms with Gasteiger partial charge in [0.25, 0.3) is 0 Å². The molecule has 0 aromatic heterocycles. The van der Waals surface area contributed by atoms with E-state index in [9.17, 15) is 4.79 Å². The van der Waals surface area contributed by atoms with Crippen LogP contribution in [-0.4, -0.2) is 12.3 Å². The minimum absolute atomic E-state index is 0.0451. The summed E-state index contributed by atoms with van der Waals surface area (Å²) in [5, 5.41) is 0. The third kappa shape index (κ3) is 5.42. The Morgan fingerprint density at radius 3 is 2.15 bits per heavy atom. The number of nitrogens with one attached hydrogen (secondary N) is 1. The topological polar surface area (TPSA) is 38.3 Å². The zero-order valence-corrected chi connectivity index (χ0v) is 9.10. The van der Waals surface area contributed by atoms with Gasteiger partial charge in [0.05, 0.1) is 0 Å². The largest absolute Gasteiger partial charge is 0.405 e. The number of carbonyl (C=O) groups excluding carboxylic acids is 1. The van der Waals surface area contributed by atoms with Crippen LogP contribution >= 0.6 is 0 Å². The molecule has 0 aliphatic heterocycles. The Labute approximate surface area is 80.1 Å². The second-order valence-electron chi connectivity index (χ2n) is 3.73. The second kappa shape index (κ2) is 5.75. The van der Waals surface area contributed by atoms with Crippen LogP contribution in [0.5, 0.6) is 0 Å². The zero-order chi connectivity index (χ0) is 10.4. The van der Waals surface area contributed by atoms with Gasteiger partial charge >= 0.3 is 0 Å². The molecule has 0 amide bonds. The van der Waals surface area contributed by atoms with E-state index in [1.54, 1.807) is 0 Å². The number of hydrogen-bond donors (Lipinski definition) is 1. The lowest BCUT2D eigenvalue weighted by Gasteiger charge is -2.11. The number of allylic oxidation sites excluding steroid dienone is 2. The molecule has 0 aliphatic carbocycles. The molecule has 0 fully saturated rings. The third-order valence-electron chi connectivity index (χ3n) is 1.44. The summed E-state index contributed by atoms with van der Waals surface area (Å²) in [6.07, 6.45) is 0. The fourth-order valence-corrected chi connectivity index (χ4v) is 0.806. The highest BCUT2D eigenvalue weighted by atomic mass is 16.6. The van der Waals surface area contributed by atoms with Crippen molar-refractivity contribution in [3.05, 3.63) is 11.3 Å². The average Bonchev–Trinajstić information content (AvgIpc) is 1.95. The van der Waals surface area contributed by atoms with Gasteiger partial charge in [-0.1, -0.05) is 13.8 Å². The third-order valence-corrected chi connectivity index (χ3v) is 1.44. The quantitative estimate of drug-likeness (QED) is 0.404. The lowest BCUT2D eigenvalue weighted by atomic mass is 10.2. The van der Waals surface area contributed by atoms with Crippen molar-refractivity contribution in [3.8, 4) is 0 Å². The highest BCUT2D eigenvalue weighted by Crippen LogP contribution is 2.04. The van der Waals surface area contributed by atoms with Crippen molar-refractivity contribution < 1.29 is 9.63 Å². The molecule has 0 unspecified atom stereocenters. The maximum absolute atomic E-state index is 11.0. The van der Waals surface area contributed by atoms with Gasteiger partial charge in [-0.3, -0.25) is 4.79 Å². The van der Waals surface area contributed by atoms with E-state index in [1.165, 1.54) is 6.92 Å². The fraction of sp³-hybridized carbons (Fsp3) is 0.700. The van der Waals surface area contributed by atoms with Crippen LogP contribution in [0.4, 0.5) is 0 Å². The molecule has 0 aromatic carbocycles. The Kier molecular flexibility index (Phi) is 5.39. The highest BCUT2D eigenvalue weighted by molar-refractivity contribution is 5.91. The van der Waals surface area contributed by atoms with E-state index >= 15 is 0 Å². The van der Waals surface area contributed by atoms with Crippen LogP contribution in [0.25, 0.3) is 0 Å². The minimum Gasteiger partial charge on any atom is -0.405 e. The van der Waals surface area contributed by atoms with E-state index in [0.717, 1.165) is 12.1 Å². The van der Waals surface area contributed by atoms with Gasteiger partial charge in [-0.2, -0.15) is 5.48 Å². The summed E-state index contributed by atoms with van der Waals surface area (Å²) in [6, 6.07) is 0. The molecule has 3 nitrogen and oxygen atoms in total. The number of Topliss-reactive ketones (excluding diaryl/α,β-unsaturated/α-hetero) is 1. The van der Waals surface area contributed by atoms with Gasteiger partial charge in [0.1, 0.15) is 0 Å². The Hall–Kier alpha value is -0.830. The molecular formula is C10H19NO2. The molecule has 3 heteroatoms. The van der Waals surface area contributed by atoms with Crippen molar-refractivity contribution in [1.29, 1.82) is 0 Å². The molecule has 1 N–H and O–H groups in total. The van der Waals surface area contributed by atoms with E-state index in [4.69, 9.17) is 4.84 Å². The molecule has 0 atom stereocenters. The van der Waals surface area contributed by atoms with Gasteiger partial charge in [-0.05, 0) is 25.3 Å². The summed E-state index contributed by atoms with van der Waals surface area (Å²) >= 11 is 0. The van der Waals surface area contributed by atoms with Crippen LogP contribution in [0.15, 0.2) is 11.3 Å². The van der Waals surface area contributed by atoms with Gasteiger partial charge in [-0.15, -0.1) is 0 Å². The van der Waals surface area contributed by atoms with Gasteiger partial charge < -0.3 is 4.84 Å². The summed E-state index contributed by atoms with van der Waals surface area (Å²) in [5.74, 6) is 0.877. The van der Waals surface area contributed by atoms with Gasteiger partial charge in [0, 0.05) is 13.5 Å². The predicted octanol–water partition coefficient (Wildman–Crippen LogP) is 2.05. The number of rotatable bonds is 5. The lowest BCUT2D eigenvalue weighted by Crippen LogP contribution is -2.22. The van der Waals surface area contributed by atoms with Crippen molar-refractivity contribution in [1.82, 2.24) is 5.48 Å². The SMILES string of the molecule is CC(=O)C(ONCC(C)C)=C(C)C. The summed E-state index contributed by atoms with van der Waals surface area (Å²) in [5.41, 5.74) is 3.66. The van der Waals surface area contributed by atoms with Crippen LogP contribution in [0, 0.1) is 5.92 Å². The summed E-state index contributed by atoms with van der Waals surface area (Å²) in [7, 11) is 0. The number of carbonyl (C=O) groups is 1. The molecule has 0 rings (SSSR count). The summed E-state index contributed by atoms with van der Waals surface area (Å²) < 4.78 is 0. The van der Waals surface area contributed by atoms with Crippen LogP contribution in [0.2, 0.25) is 0 Å². The smallest absolute Gasteiger partial charge is 0.196 e. The monoisotopic (exact) mass is 185 g/mol. The van der Waals surface area contributed by atoms with Crippen LogP contribution in [0.1, 0.15) is 34.6 Å². The fourth-order valence-electron chi connectivity index (χ4n) is 0.806. The Morgan fingerprint density at radius 2 is 1.85 bits per heavy atom. The van der Waals surface area contributed by atoms with Crippen molar-refractivity contribution >= 4 is 5.78 Å². The molecule has 0 radical (unpaired) electrons. The number of ketones is 1. The first-order chi connectivity index (χ1) is 5.95. The molecule has 13 heavy (non-hydrogen) atoms. The number of hydroxylamine groups is 1. The molecule has 0 saturated carbocycles. The summed E-state index contributed by atoms with van der Waals surface area (Å²) in [4.78, 5) is 16.2. The Bertz CT molecular complexity index is 203. The molecule has 0 heterocycles. The highest BCUT2D eigenvalue weighted by Gasteiger charge is 2.07. The lowest BCUT2D eigenvalue weighted by molar-refractivity contribution is -0.118. The number of hydrogen-bond acceptors (Lipinski definition) is 3. The van der Waals surface area contributed by atoms with Gasteiger partial charge in [0.15, 0.2) is 11.5 Å². The van der Waals surface area contributed by atoms with E-state index in [0.29, 0.717) is 11.7 Å². The van der Waals surface area contributed by atoms with Crippen molar-refractivity contribution in [2.75, 3.05) is 6.54 Å². The molecular weight excluding hydrogens is 166 g/mol. The molecule has 0 aliphatic rings. The Morgan fingerprint density at radius 1 is 1.31 bits per heavy atom. The van der Waals surface area contributed by atoms with E-state index in [2.05, 4.69) is 19.3 Å². The van der Waals surface area contributed by atoms with Crippen LogP contribution < -0.4 is 5.48 Å². The first kappa shape index (κ1) is 12.2. The Balaban J connectivity index is 4.01. The molecule has 0 saturated heterocycles. The second-order valence-corrected chi connectivity index (χ2v) is 3.73. The first-order valence-corrected chi connectivity index (χ1v) is 4.53. The predicted molar refractivity (Wildman–Crippen MR) is 53.0 cm³/mol. The van der Waals surface area contributed by atoms with E-state index in [-0.39, 0.29) is 5.78 Å². The van der Waals surface area contributed by atoms with Gasteiger partial charge in [0.2, 0.25) is 0 Å². The summed E-state index contributed by atoms with van der Waals surface area (Å²) in [6.45, 7) is 10.1. The standard InChI is InChI=1S/C10H19NO2/c1-7(2)6-11-13-10(8(3)4)9(5)12/h7,11H,6H2,1-5H3. The minimum atomic E-state index is -0.0451. The van der Waals surface area contributed by atoms with Crippen LogP contribution in [-0.2, 0) is 9.63 Å². The maximum atomic E-state index is 11.0. The molecule has 0 spiro atoms. The molecule has 0 bridgehead atoms. The van der Waals surface area contributed by atoms with Crippen molar-refractivity contribution in [3.63, 3.8) is 0 Å². The van der Waals surface area contributed by atoms with Crippen molar-refractivity contribution in [2.24, 2.45) is 5.92 Å². The zero-order valence-electron chi connectivity index (χ0n) is 9.10. The van der Waals surface area contributed by atoms with E-state index in [1.807, 2.05) is 13.8 Å². The van der Waals surface area contributed by atoms with Gasteiger partial charge in [-0.25, -0.2) is 0 Å². The van der Waals surface area contributed by atoms with E-state index < -0.39 is 0 Å². The maximum Gasteiger partial charge on any atom is 0.196 e. The van der Waals surface area contributed by atoms with Crippen molar-refractivity contribution in [2.45, 2.75) is 34.6 Å². The average molecular weight is 185 g/mol.